The number of nitrogens with one attached hydrogen (secondary N) is 4. The van der Waals surface area contributed by atoms with Crippen LogP contribution in [-0.4, -0.2) is 40.9 Å². The standard InChI is InChI=1S/C21H22FN7O2/c1-25-20(30)15-7-14(19(22)17(8-15)31-2)4-3-13-9-26-21(27-10-13)28-16-5-6-18(24)29(11-16)12-23/h5-12,23-24H,3-4H2,1-2H3,(H,25,30)(H,26,27,28). The van der Waals surface area contributed by atoms with E-state index < -0.39 is 5.82 Å². The molecule has 0 radical (unpaired) electrons. The number of hydrogen-bond acceptors (Lipinski definition) is 7. The highest BCUT2D eigenvalue weighted by Crippen LogP contribution is 2.24. The largest absolute Gasteiger partial charge is 0.494 e. The molecule has 2 aromatic heterocycles. The lowest BCUT2D eigenvalue weighted by molar-refractivity contribution is 0.0962. The van der Waals surface area contributed by atoms with Crippen molar-refractivity contribution in [2.75, 3.05) is 19.5 Å². The zero-order chi connectivity index (χ0) is 22.4. The summed E-state index contributed by atoms with van der Waals surface area (Å²) in [5.41, 5.74) is 2.30. The van der Waals surface area contributed by atoms with E-state index in [0.29, 0.717) is 35.6 Å². The van der Waals surface area contributed by atoms with Crippen LogP contribution in [-0.2, 0) is 12.8 Å². The van der Waals surface area contributed by atoms with Gasteiger partial charge in [-0.1, -0.05) is 0 Å². The molecule has 0 saturated heterocycles. The zero-order valence-corrected chi connectivity index (χ0v) is 17.1. The van der Waals surface area contributed by atoms with Crippen molar-refractivity contribution >= 4 is 23.9 Å². The fraction of sp³-hybridized carbons (Fsp3) is 0.190. The molecular formula is C21H22FN7O2. The Morgan fingerprint density at radius 2 is 2.00 bits per heavy atom. The lowest BCUT2D eigenvalue weighted by atomic mass is 10.0. The predicted molar refractivity (Wildman–Crippen MR) is 114 cm³/mol. The maximum atomic E-state index is 14.6. The van der Waals surface area contributed by atoms with E-state index in [2.05, 4.69) is 20.6 Å². The Hall–Kier alpha value is -4.08. The summed E-state index contributed by atoms with van der Waals surface area (Å²) in [4.78, 5) is 20.4. The summed E-state index contributed by atoms with van der Waals surface area (Å²) >= 11 is 0. The maximum Gasteiger partial charge on any atom is 0.251 e. The highest BCUT2D eigenvalue weighted by atomic mass is 19.1. The van der Waals surface area contributed by atoms with Crippen molar-refractivity contribution in [1.29, 1.82) is 10.8 Å². The summed E-state index contributed by atoms with van der Waals surface area (Å²) in [7, 11) is 2.87. The summed E-state index contributed by atoms with van der Waals surface area (Å²) in [6.45, 7) is 0. The smallest absolute Gasteiger partial charge is 0.251 e. The SMILES string of the molecule is CNC(=O)c1cc(CCc2cnc(Nc3ccc(=N)n(C=N)c3)nc2)c(F)c(OC)c1. The van der Waals surface area contributed by atoms with Gasteiger partial charge in [0.15, 0.2) is 11.6 Å². The van der Waals surface area contributed by atoms with E-state index in [0.717, 1.165) is 11.9 Å². The molecule has 10 heteroatoms. The summed E-state index contributed by atoms with van der Waals surface area (Å²) in [5, 5.41) is 20.5. The first-order valence-electron chi connectivity index (χ1n) is 9.39. The average Bonchev–Trinajstić information content (AvgIpc) is 2.80. The topological polar surface area (TPSA) is 129 Å². The van der Waals surface area contributed by atoms with Gasteiger partial charge in [0, 0.05) is 31.2 Å². The van der Waals surface area contributed by atoms with Gasteiger partial charge >= 0.3 is 0 Å². The van der Waals surface area contributed by atoms with Crippen LogP contribution in [0.3, 0.4) is 0 Å². The second-order valence-electron chi connectivity index (χ2n) is 6.61. The van der Waals surface area contributed by atoms with Crippen molar-refractivity contribution in [2.24, 2.45) is 0 Å². The van der Waals surface area contributed by atoms with Gasteiger partial charge in [0.05, 0.1) is 19.1 Å². The quantitative estimate of drug-likeness (QED) is 0.326. The van der Waals surface area contributed by atoms with Gasteiger partial charge in [-0.3, -0.25) is 20.2 Å². The number of benzene rings is 1. The number of methoxy groups -OCH3 is 1. The van der Waals surface area contributed by atoms with Crippen LogP contribution in [0.2, 0.25) is 0 Å². The summed E-state index contributed by atoms with van der Waals surface area (Å²) in [6, 6.07) is 6.13. The molecule has 31 heavy (non-hydrogen) atoms. The second kappa shape index (κ2) is 9.61. The van der Waals surface area contributed by atoms with Gasteiger partial charge in [-0.05, 0) is 48.2 Å². The first-order valence-corrected chi connectivity index (χ1v) is 9.39. The van der Waals surface area contributed by atoms with Gasteiger partial charge in [0.25, 0.3) is 5.91 Å². The third-order valence-corrected chi connectivity index (χ3v) is 4.58. The average molecular weight is 423 g/mol. The van der Waals surface area contributed by atoms with Gasteiger partial charge in [-0.2, -0.15) is 0 Å². The number of hydrogen-bond donors (Lipinski definition) is 4. The van der Waals surface area contributed by atoms with E-state index >= 15 is 0 Å². The number of carbonyl (C=O) groups excluding carboxylic acids is 1. The van der Waals surface area contributed by atoms with Crippen LogP contribution in [0.15, 0.2) is 42.9 Å². The van der Waals surface area contributed by atoms with E-state index in [1.165, 1.54) is 30.9 Å². The molecule has 0 fully saturated rings. The molecule has 0 bridgehead atoms. The third kappa shape index (κ3) is 5.10. The number of halogens is 1. The van der Waals surface area contributed by atoms with Crippen molar-refractivity contribution in [3.05, 3.63) is 70.9 Å². The molecule has 1 aromatic carbocycles. The number of rotatable bonds is 8. The monoisotopic (exact) mass is 423 g/mol. The molecule has 0 spiro atoms. The van der Waals surface area contributed by atoms with Crippen LogP contribution in [0.1, 0.15) is 21.5 Å². The minimum Gasteiger partial charge on any atom is -0.494 e. The Bertz CT molecular complexity index is 1160. The van der Waals surface area contributed by atoms with Gasteiger partial charge in [0.2, 0.25) is 5.95 Å². The van der Waals surface area contributed by atoms with Crippen molar-refractivity contribution < 1.29 is 13.9 Å². The number of ether oxygens (including phenoxy) is 1. The molecule has 1 amide bonds. The molecule has 9 nitrogen and oxygen atoms in total. The predicted octanol–water partition coefficient (Wildman–Crippen LogP) is 2.25. The minimum absolute atomic E-state index is 0.0211. The summed E-state index contributed by atoms with van der Waals surface area (Å²) in [6.07, 6.45) is 6.70. The zero-order valence-electron chi connectivity index (χ0n) is 17.1. The van der Waals surface area contributed by atoms with Gasteiger partial charge in [-0.25, -0.2) is 14.4 Å². The lowest BCUT2D eigenvalue weighted by Crippen LogP contribution is -2.18. The molecule has 0 aliphatic rings. The minimum atomic E-state index is -0.494. The summed E-state index contributed by atoms with van der Waals surface area (Å²) < 4.78 is 21.0. The molecule has 4 N–H and O–H groups in total. The lowest BCUT2D eigenvalue weighted by Gasteiger charge is -2.11. The molecular weight excluding hydrogens is 401 g/mol. The molecule has 3 aromatic rings. The highest BCUT2D eigenvalue weighted by Gasteiger charge is 2.15. The van der Waals surface area contributed by atoms with E-state index in [9.17, 15) is 9.18 Å². The Morgan fingerprint density at radius 1 is 1.26 bits per heavy atom. The highest BCUT2D eigenvalue weighted by molar-refractivity contribution is 5.94. The van der Waals surface area contributed by atoms with Crippen molar-refractivity contribution in [3.63, 3.8) is 0 Å². The molecule has 3 rings (SSSR count). The Labute approximate surface area is 178 Å². The van der Waals surface area contributed by atoms with Crippen LogP contribution in [0, 0.1) is 16.6 Å². The molecule has 160 valence electrons. The van der Waals surface area contributed by atoms with E-state index in [4.69, 9.17) is 15.6 Å². The van der Waals surface area contributed by atoms with Gasteiger partial charge in [-0.15, -0.1) is 0 Å². The van der Waals surface area contributed by atoms with Crippen molar-refractivity contribution in [2.45, 2.75) is 12.8 Å². The molecule has 0 saturated carbocycles. The second-order valence-corrected chi connectivity index (χ2v) is 6.61. The molecule has 0 aliphatic carbocycles. The number of anilines is 2. The Kier molecular flexibility index (Phi) is 6.71. The van der Waals surface area contributed by atoms with E-state index in [1.54, 1.807) is 30.7 Å². The number of carbonyl (C=O) groups is 1. The Morgan fingerprint density at radius 3 is 2.65 bits per heavy atom. The molecule has 0 unspecified atom stereocenters. The fourth-order valence-corrected chi connectivity index (χ4v) is 2.92. The van der Waals surface area contributed by atoms with Gasteiger partial charge < -0.3 is 15.4 Å². The first kappa shape index (κ1) is 21.6. The molecule has 0 aliphatic heterocycles. The van der Waals surface area contributed by atoms with Crippen LogP contribution in [0.25, 0.3) is 0 Å². The number of aromatic nitrogens is 3. The normalized spacial score (nSPS) is 10.4. The van der Waals surface area contributed by atoms with Crippen LogP contribution in [0.5, 0.6) is 5.75 Å². The first-order chi connectivity index (χ1) is 14.9. The van der Waals surface area contributed by atoms with Gasteiger partial charge in [0.1, 0.15) is 5.49 Å². The third-order valence-electron chi connectivity index (χ3n) is 4.58. The van der Waals surface area contributed by atoms with Crippen LogP contribution in [0.4, 0.5) is 16.0 Å². The number of pyridine rings is 1. The molecule has 2 heterocycles. The van der Waals surface area contributed by atoms with E-state index in [1.807, 2.05) is 0 Å². The number of nitrogens with zero attached hydrogens (tertiary/aromatic N) is 3. The van der Waals surface area contributed by atoms with E-state index in [-0.39, 0.29) is 17.1 Å². The van der Waals surface area contributed by atoms with Crippen molar-refractivity contribution in [1.82, 2.24) is 19.9 Å². The number of amides is 1. The number of aryl methyl sites for hydroxylation is 2. The Balaban J connectivity index is 1.71. The molecule has 0 atom stereocenters. The summed E-state index contributed by atoms with van der Waals surface area (Å²) in [5.74, 6) is -0.437. The maximum absolute atomic E-state index is 14.6. The van der Waals surface area contributed by atoms with Crippen molar-refractivity contribution in [3.8, 4) is 5.75 Å². The fourth-order valence-electron chi connectivity index (χ4n) is 2.92. The van der Waals surface area contributed by atoms with Crippen LogP contribution >= 0.6 is 0 Å². The van der Waals surface area contributed by atoms with Crippen LogP contribution < -0.4 is 20.9 Å².